The van der Waals surface area contributed by atoms with Gasteiger partial charge in [0.1, 0.15) is 0 Å². The van der Waals surface area contributed by atoms with E-state index in [9.17, 15) is 0 Å². The van der Waals surface area contributed by atoms with Crippen molar-refractivity contribution < 1.29 is 4.74 Å². The molecule has 2 nitrogen and oxygen atoms in total. The second-order valence-corrected chi connectivity index (χ2v) is 3.95. The van der Waals surface area contributed by atoms with Crippen molar-refractivity contribution in [2.45, 2.75) is 38.6 Å². The van der Waals surface area contributed by atoms with Crippen LogP contribution in [-0.4, -0.2) is 26.3 Å². The van der Waals surface area contributed by atoms with Gasteiger partial charge in [-0.25, -0.2) is 0 Å². The molecular weight excluding hydrogens is 150 g/mol. The van der Waals surface area contributed by atoms with E-state index in [1.807, 2.05) is 0 Å². The maximum Gasteiger partial charge on any atom is 0.0499 e. The minimum atomic E-state index is 0.649. The van der Waals surface area contributed by atoms with E-state index < -0.39 is 0 Å². The monoisotopic (exact) mass is 171 g/mol. The summed E-state index contributed by atoms with van der Waals surface area (Å²) in [5.41, 5.74) is 0. The Morgan fingerprint density at radius 2 is 2.08 bits per heavy atom. The van der Waals surface area contributed by atoms with E-state index in [-0.39, 0.29) is 0 Å². The Bertz CT molecular complexity index is 110. The third kappa shape index (κ3) is 3.55. The summed E-state index contributed by atoms with van der Waals surface area (Å²) in [5, 5.41) is 3.59. The molecule has 1 rings (SSSR count). The summed E-state index contributed by atoms with van der Waals surface area (Å²) >= 11 is 0. The second-order valence-electron chi connectivity index (χ2n) is 3.95. The molecule has 0 amide bonds. The molecule has 1 saturated carbocycles. The highest BCUT2D eigenvalue weighted by molar-refractivity contribution is 4.74. The standard InChI is InChI=1S/C10H21NO/c1-9(8-12-2)7-11-10-5-3-4-6-10/h9-11H,3-8H2,1-2H3. The average Bonchev–Trinajstić information content (AvgIpc) is 2.53. The largest absolute Gasteiger partial charge is 0.384 e. The maximum absolute atomic E-state index is 5.08. The normalized spacial score (nSPS) is 21.5. The fourth-order valence-electron chi connectivity index (χ4n) is 1.84. The molecule has 1 fully saturated rings. The van der Waals surface area contributed by atoms with Gasteiger partial charge in [-0.3, -0.25) is 0 Å². The summed E-state index contributed by atoms with van der Waals surface area (Å²) in [4.78, 5) is 0. The van der Waals surface area contributed by atoms with Crippen molar-refractivity contribution in [3.05, 3.63) is 0 Å². The predicted molar refractivity (Wildman–Crippen MR) is 51.3 cm³/mol. The highest BCUT2D eigenvalue weighted by Crippen LogP contribution is 2.17. The number of hydrogen-bond acceptors (Lipinski definition) is 2. The summed E-state index contributed by atoms with van der Waals surface area (Å²) in [6, 6.07) is 0.796. The summed E-state index contributed by atoms with van der Waals surface area (Å²) in [6.07, 6.45) is 5.58. The minimum Gasteiger partial charge on any atom is -0.384 e. The first kappa shape index (κ1) is 10.0. The van der Waals surface area contributed by atoms with Crippen LogP contribution in [0.25, 0.3) is 0 Å². The number of ether oxygens (including phenoxy) is 1. The van der Waals surface area contributed by atoms with E-state index in [1.165, 1.54) is 25.7 Å². The summed E-state index contributed by atoms with van der Waals surface area (Å²) in [6.45, 7) is 4.21. The molecule has 0 heterocycles. The van der Waals surface area contributed by atoms with Gasteiger partial charge in [-0.15, -0.1) is 0 Å². The van der Waals surface area contributed by atoms with Crippen LogP contribution in [0, 0.1) is 5.92 Å². The average molecular weight is 171 g/mol. The molecule has 72 valence electrons. The van der Waals surface area contributed by atoms with Crippen LogP contribution in [0.3, 0.4) is 0 Å². The van der Waals surface area contributed by atoms with Crippen molar-refractivity contribution in [3.63, 3.8) is 0 Å². The van der Waals surface area contributed by atoms with E-state index in [1.54, 1.807) is 7.11 Å². The van der Waals surface area contributed by atoms with Gasteiger partial charge in [0.05, 0.1) is 0 Å². The Hall–Kier alpha value is -0.0800. The van der Waals surface area contributed by atoms with Gasteiger partial charge < -0.3 is 10.1 Å². The molecule has 1 unspecified atom stereocenters. The number of nitrogens with one attached hydrogen (secondary N) is 1. The van der Waals surface area contributed by atoms with Crippen molar-refractivity contribution in [3.8, 4) is 0 Å². The molecule has 0 aromatic rings. The van der Waals surface area contributed by atoms with Gasteiger partial charge in [-0.05, 0) is 18.8 Å². The van der Waals surface area contributed by atoms with Gasteiger partial charge in [-0.2, -0.15) is 0 Å². The third-order valence-electron chi connectivity index (χ3n) is 2.56. The molecule has 0 aromatic heterocycles. The number of hydrogen-bond donors (Lipinski definition) is 1. The Labute approximate surface area is 75.7 Å². The summed E-state index contributed by atoms with van der Waals surface area (Å²) in [7, 11) is 1.77. The Morgan fingerprint density at radius 3 is 2.67 bits per heavy atom. The molecule has 1 atom stereocenters. The minimum absolute atomic E-state index is 0.649. The van der Waals surface area contributed by atoms with Crippen LogP contribution in [0.4, 0.5) is 0 Å². The molecule has 0 radical (unpaired) electrons. The van der Waals surface area contributed by atoms with Gasteiger partial charge in [0, 0.05) is 26.3 Å². The third-order valence-corrected chi connectivity index (χ3v) is 2.56. The lowest BCUT2D eigenvalue weighted by Crippen LogP contribution is -2.31. The first-order valence-corrected chi connectivity index (χ1v) is 5.05. The zero-order valence-corrected chi connectivity index (χ0v) is 8.31. The molecule has 0 saturated heterocycles. The van der Waals surface area contributed by atoms with Crippen molar-refractivity contribution in [1.82, 2.24) is 5.32 Å². The van der Waals surface area contributed by atoms with Crippen LogP contribution < -0.4 is 5.32 Å². The lowest BCUT2D eigenvalue weighted by atomic mass is 10.1. The van der Waals surface area contributed by atoms with Gasteiger partial charge >= 0.3 is 0 Å². The van der Waals surface area contributed by atoms with E-state index in [2.05, 4.69) is 12.2 Å². The lowest BCUT2D eigenvalue weighted by molar-refractivity contribution is 0.157. The quantitative estimate of drug-likeness (QED) is 0.681. The topological polar surface area (TPSA) is 21.3 Å². The number of methoxy groups -OCH3 is 1. The predicted octanol–water partition coefficient (Wildman–Crippen LogP) is 1.80. The zero-order chi connectivity index (χ0) is 8.81. The molecule has 0 bridgehead atoms. The van der Waals surface area contributed by atoms with Crippen LogP contribution in [-0.2, 0) is 4.74 Å². The molecule has 0 spiro atoms. The number of rotatable bonds is 5. The Morgan fingerprint density at radius 1 is 1.42 bits per heavy atom. The van der Waals surface area contributed by atoms with E-state index in [0.29, 0.717) is 5.92 Å². The Balaban J connectivity index is 1.99. The zero-order valence-electron chi connectivity index (χ0n) is 8.31. The highest BCUT2D eigenvalue weighted by atomic mass is 16.5. The van der Waals surface area contributed by atoms with Gasteiger partial charge in [0.25, 0.3) is 0 Å². The van der Waals surface area contributed by atoms with Crippen molar-refractivity contribution >= 4 is 0 Å². The van der Waals surface area contributed by atoms with Gasteiger partial charge in [-0.1, -0.05) is 19.8 Å². The van der Waals surface area contributed by atoms with Gasteiger partial charge in [0.2, 0.25) is 0 Å². The highest BCUT2D eigenvalue weighted by Gasteiger charge is 2.14. The SMILES string of the molecule is COCC(C)CNC1CCCC1. The maximum atomic E-state index is 5.08. The fourth-order valence-corrected chi connectivity index (χ4v) is 1.84. The van der Waals surface area contributed by atoms with Crippen LogP contribution >= 0.6 is 0 Å². The molecule has 2 heteroatoms. The van der Waals surface area contributed by atoms with E-state index in [0.717, 1.165) is 19.2 Å². The van der Waals surface area contributed by atoms with Crippen LogP contribution in [0.1, 0.15) is 32.6 Å². The first-order valence-electron chi connectivity index (χ1n) is 5.05. The first-order chi connectivity index (χ1) is 5.83. The van der Waals surface area contributed by atoms with E-state index >= 15 is 0 Å². The van der Waals surface area contributed by atoms with E-state index in [4.69, 9.17) is 4.74 Å². The molecule has 0 aliphatic heterocycles. The van der Waals surface area contributed by atoms with Gasteiger partial charge in [0.15, 0.2) is 0 Å². The fraction of sp³-hybridized carbons (Fsp3) is 1.00. The van der Waals surface area contributed by atoms with Crippen molar-refractivity contribution in [2.75, 3.05) is 20.3 Å². The Kier molecular flexibility index (Phi) is 4.62. The van der Waals surface area contributed by atoms with Crippen molar-refractivity contribution in [1.29, 1.82) is 0 Å². The molecular formula is C10H21NO. The lowest BCUT2D eigenvalue weighted by Gasteiger charge is -2.15. The van der Waals surface area contributed by atoms with Crippen molar-refractivity contribution in [2.24, 2.45) is 5.92 Å². The second kappa shape index (κ2) is 5.55. The summed E-state index contributed by atoms with van der Waals surface area (Å²) < 4.78 is 5.08. The summed E-state index contributed by atoms with van der Waals surface area (Å²) in [5.74, 6) is 0.649. The van der Waals surface area contributed by atoms with Crippen LogP contribution in [0.2, 0.25) is 0 Å². The molecule has 1 aliphatic carbocycles. The molecule has 0 aromatic carbocycles. The molecule has 1 N–H and O–H groups in total. The van der Waals surface area contributed by atoms with Crippen LogP contribution in [0.5, 0.6) is 0 Å². The molecule has 1 aliphatic rings. The molecule has 12 heavy (non-hydrogen) atoms. The van der Waals surface area contributed by atoms with Crippen LogP contribution in [0.15, 0.2) is 0 Å². The smallest absolute Gasteiger partial charge is 0.0499 e.